The van der Waals surface area contributed by atoms with Crippen LogP contribution < -0.4 is 5.32 Å². The van der Waals surface area contributed by atoms with E-state index in [-0.39, 0.29) is 21.4 Å². The van der Waals surface area contributed by atoms with Gasteiger partial charge in [-0.1, -0.05) is 29.3 Å². The molecule has 9 heteroatoms. The Bertz CT molecular complexity index is 679. The SMILES string of the molecule is Cn1ncc([N+](=O)[O-])c1C(=O)Nc1c(Cl)cccc1Cl. The van der Waals surface area contributed by atoms with Crippen molar-refractivity contribution >= 4 is 40.5 Å². The average molecular weight is 315 g/mol. The minimum Gasteiger partial charge on any atom is -0.318 e. The molecule has 7 nitrogen and oxygen atoms in total. The smallest absolute Gasteiger partial charge is 0.318 e. The lowest BCUT2D eigenvalue weighted by atomic mass is 10.3. The number of aryl methyl sites for hydroxylation is 1. The molecule has 20 heavy (non-hydrogen) atoms. The van der Waals surface area contributed by atoms with Crippen molar-refractivity contribution in [1.82, 2.24) is 9.78 Å². The molecule has 1 aromatic heterocycles. The van der Waals surface area contributed by atoms with Crippen LogP contribution in [0.1, 0.15) is 10.5 Å². The van der Waals surface area contributed by atoms with Gasteiger partial charge in [0.15, 0.2) is 0 Å². The summed E-state index contributed by atoms with van der Waals surface area (Å²) in [4.78, 5) is 22.3. The van der Waals surface area contributed by atoms with Gasteiger partial charge in [-0.15, -0.1) is 0 Å². The highest BCUT2D eigenvalue weighted by Gasteiger charge is 2.26. The summed E-state index contributed by atoms with van der Waals surface area (Å²) in [5, 5.41) is 17.5. The number of nitro groups is 1. The normalized spacial score (nSPS) is 10.3. The number of carbonyl (C=O) groups is 1. The summed E-state index contributed by atoms with van der Waals surface area (Å²) in [5.74, 6) is -0.716. The number of halogens is 2. The van der Waals surface area contributed by atoms with Crippen molar-refractivity contribution in [1.29, 1.82) is 0 Å². The maximum atomic E-state index is 12.1. The molecule has 1 heterocycles. The highest BCUT2D eigenvalue weighted by atomic mass is 35.5. The van der Waals surface area contributed by atoms with Crippen molar-refractivity contribution in [3.8, 4) is 0 Å². The molecule has 0 radical (unpaired) electrons. The Labute approximate surface area is 123 Å². The van der Waals surface area contributed by atoms with Gasteiger partial charge in [0, 0.05) is 7.05 Å². The van der Waals surface area contributed by atoms with Gasteiger partial charge < -0.3 is 5.32 Å². The first-order valence-corrected chi connectivity index (χ1v) is 6.09. The van der Waals surface area contributed by atoms with Crippen LogP contribution in [-0.4, -0.2) is 20.6 Å². The summed E-state index contributed by atoms with van der Waals surface area (Å²) in [6.45, 7) is 0. The molecule has 1 N–H and O–H groups in total. The number of carbonyl (C=O) groups excluding carboxylic acids is 1. The molecule has 0 spiro atoms. The Morgan fingerprint density at radius 2 is 2.00 bits per heavy atom. The summed E-state index contributed by atoms with van der Waals surface area (Å²) in [7, 11) is 1.43. The molecule has 0 aliphatic carbocycles. The number of hydrogen-bond acceptors (Lipinski definition) is 4. The number of nitrogens with one attached hydrogen (secondary N) is 1. The zero-order valence-electron chi connectivity index (χ0n) is 10.1. The van der Waals surface area contributed by atoms with Crippen molar-refractivity contribution in [3.63, 3.8) is 0 Å². The molecule has 104 valence electrons. The molecule has 1 aromatic carbocycles. The molecular formula is C11H8Cl2N4O3. The summed E-state index contributed by atoms with van der Waals surface area (Å²) >= 11 is 11.8. The second-order valence-corrected chi connectivity index (χ2v) is 4.62. The molecule has 0 fully saturated rings. The number of hydrogen-bond donors (Lipinski definition) is 1. The van der Waals surface area contributed by atoms with Gasteiger partial charge in [-0.25, -0.2) is 0 Å². The first-order chi connectivity index (χ1) is 9.41. The van der Waals surface area contributed by atoms with E-state index in [2.05, 4.69) is 10.4 Å². The lowest BCUT2D eigenvalue weighted by Crippen LogP contribution is -2.18. The van der Waals surface area contributed by atoms with Crippen molar-refractivity contribution < 1.29 is 9.72 Å². The zero-order chi connectivity index (χ0) is 14.9. The van der Waals surface area contributed by atoms with Gasteiger partial charge >= 0.3 is 5.69 Å². The zero-order valence-corrected chi connectivity index (χ0v) is 11.6. The molecule has 2 aromatic rings. The van der Waals surface area contributed by atoms with Crippen molar-refractivity contribution in [2.45, 2.75) is 0 Å². The number of benzene rings is 1. The number of nitrogens with zero attached hydrogens (tertiary/aromatic N) is 3. The predicted molar refractivity (Wildman–Crippen MR) is 74.3 cm³/mol. The Hall–Kier alpha value is -2.12. The molecule has 0 saturated carbocycles. The Morgan fingerprint density at radius 1 is 1.40 bits per heavy atom. The van der Waals surface area contributed by atoms with Crippen LogP contribution in [0.15, 0.2) is 24.4 Å². The minimum atomic E-state index is -0.716. The highest BCUT2D eigenvalue weighted by Crippen LogP contribution is 2.30. The fourth-order valence-corrected chi connectivity index (χ4v) is 2.10. The maximum Gasteiger partial charge on any atom is 0.320 e. The summed E-state index contributed by atoms with van der Waals surface area (Å²) < 4.78 is 1.11. The van der Waals surface area contributed by atoms with E-state index in [0.29, 0.717) is 0 Å². The van der Waals surface area contributed by atoms with Crippen molar-refractivity contribution in [3.05, 3.63) is 50.2 Å². The van der Waals surface area contributed by atoms with E-state index < -0.39 is 16.5 Å². The number of rotatable bonds is 3. The monoisotopic (exact) mass is 314 g/mol. The lowest BCUT2D eigenvalue weighted by Gasteiger charge is -2.08. The molecule has 0 aliphatic rings. The Balaban J connectivity index is 2.39. The number of aromatic nitrogens is 2. The second kappa shape index (κ2) is 5.48. The molecule has 0 bridgehead atoms. The van der Waals surface area contributed by atoms with Gasteiger partial charge in [-0.2, -0.15) is 5.10 Å². The fraction of sp³-hybridized carbons (Fsp3) is 0.0909. The van der Waals surface area contributed by atoms with Crippen LogP contribution in [-0.2, 0) is 7.05 Å². The van der Waals surface area contributed by atoms with Crippen LogP contribution in [0, 0.1) is 10.1 Å². The standard InChI is InChI=1S/C11H8Cl2N4O3/c1-16-10(8(5-14-16)17(19)20)11(18)15-9-6(12)3-2-4-7(9)13/h2-5H,1H3,(H,15,18). The van der Waals surface area contributed by atoms with Crippen LogP contribution in [0.25, 0.3) is 0 Å². The molecule has 0 saturated heterocycles. The van der Waals surface area contributed by atoms with E-state index >= 15 is 0 Å². The van der Waals surface area contributed by atoms with Crippen LogP contribution >= 0.6 is 23.2 Å². The van der Waals surface area contributed by atoms with E-state index in [9.17, 15) is 14.9 Å². The van der Waals surface area contributed by atoms with Crippen LogP contribution in [0.4, 0.5) is 11.4 Å². The van der Waals surface area contributed by atoms with Crippen LogP contribution in [0.5, 0.6) is 0 Å². The Morgan fingerprint density at radius 3 is 2.55 bits per heavy atom. The first kappa shape index (κ1) is 14.3. The molecule has 0 aliphatic heterocycles. The first-order valence-electron chi connectivity index (χ1n) is 5.33. The van der Waals surface area contributed by atoms with E-state index in [1.807, 2.05) is 0 Å². The summed E-state index contributed by atoms with van der Waals surface area (Å²) in [6, 6.07) is 4.70. The lowest BCUT2D eigenvalue weighted by molar-refractivity contribution is -0.385. The third-order valence-corrected chi connectivity index (χ3v) is 3.16. The number of amides is 1. The highest BCUT2D eigenvalue weighted by molar-refractivity contribution is 6.40. The maximum absolute atomic E-state index is 12.1. The van der Waals surface area contributed by atoms with Crippen molar-refractivity contribution in [2.75, 3.05) is 5.32 Å². The quantitative estimate of drug-likeness (QED) is 0.696. The van der Waals surface area contributed by atoms with E-state index in [4.69, 9.17) is 23.2 Å². The van der Waals surface area contributed by atoms with E-state index in [1.165, 1.54) is 7.05 Å². The summed E-state index contributed by atoms with van der Waals surface area (Å²) in [6.07, 6.45) is 1.00. The molecule has 1 amide bonds. The van der Waals surface area contributed by atoms with Gasteiger partial charge in [0.1, 0.15) is 6.20 Å². The Kier molecular flexibility index (Phi) is 3.91. The van der Waals surface area contributed by atoms with Gasteiger partial charge in [0.2, 0.25) is 5.69 Å². The third-order valence-electron chi connectivity index (χ3n) is 2.53. The minimum absolute atomic E-state index is 0.189. The number of para-hydroxylation sites is 1. The van der Waals surface area contributed by atoms with Gasteiger partial charge in [0.05, 0.1) is 20.7 Å². The topological polar surface area (TPSA) is 90.1 Å². The predicted octanol–water partition coefficient (Wildman–Crippen LogP) is 2.89. The number of anilines is 1. The van der Waals surface area contributed by atoms with Gasteiger partial charge in [-0.05, 0) is 12.1 Å². The molecule has 2 rings (SSSR count). The largest absolute Gasteiger partial charge is 0.320 e. The van der Waals surface area contributed by atoms with Crippen molar-refractivity contribution in [2.24, 2.45) is 7.05 Å². The molecule has 0 atom stereocenters. The van der Waals surface area contributed by atoms with Crippen LogP contribution in [0.2, 0.25) is 10.0 Å². The second-order valence-electron chi connectivity index (χ2n) is 3.81. The van der Waals surface area contributed by atoms with E-state index in [0.717, 1.165) is 10.9 Å². The van der Waals surface area contributed by atoms with Gasteiger partial charge in [-0.3, -0.25) is 19.6 Å². The van der Waals surface area contributed by atoms with Gasteiger partial charge in [0.25, 0.3) is 5.91 Å². The molecule has 0 unspecified atom stereocenters. The van der Waals surface area contributed by atoms with Crippen LogP contribution in [0.3, 0.4) is 0 Å². The van der Waals surface area contributed by atoms with E-state index in [1.54, 1.807) is 18.2 Å². The summed E-state index contributed by atoms with van der Waals surface area (Å²) in [5.41, 5.74) is -0.393. The third kappa shape index (κ3) is 2.59. The fourth-order valence-electron chi connectivity index (χ4n) is 1.61. The molecular weight excluding hydrogens is 307 g/mol. The average Bonchev–Trinajstić information content (AvgIpc) is 2.76.